The molecule has 0 N–H and O–H groups in total. The van der Waals surface area contributed by atoms with Crippen LogP contribution in [0.2, 0.25) is 0 Å². The van der Waals surface area contributed by atoms with E-state index in [1.165, 1.54) is 17.0 Å². The maximum absolute atomic E-state index is 4.78. The number of hydrogen-bond donors (Lipinski definition) is 0. The third-order valence-electron chi connectivity index (χ3n) is 3.42. The molecule has 0 spiro atoms. The van der Waals surface area contributed by atoms with E-state index in [1.807, 2.05) is 0 Å². The number of rotatable bonds is 2. The van der Waals surface area contributed by atoms with E-state index in [1.54, 1.807) is 0 Å². The highest BCUT2D eigenvalue weighted by Gasteiger charge is 2.19. The summed E-state index contributed by atoms with van der Waals surface area (Å²) in [7, 11) is 0. The predicted octanol–water partition coefficient (Wildman–Crippen LogP) is 2.97. The number of hydrogen-bond acceptors (Lipinski definition) is 2. The van der Waals surface area contributed by atoms with Crippen LogP contribution in [-0.2, 0) is 13.0 Å². The second kappa shape index (κ2) is 4.54. The summed E-state index contributed by atoms with van der Waals surface area (Å²) >= 11 is 0. The zero-order valence-electron chi connectivity index (χ0n) is 10.8. The lowest BCUT2D eigenvalue weighted by atomic mass is 10.0. The molecule has 2 nitrogen and oxygen atoms in total. The summed E-state index contributed by atoms with van der Waals surface area (Å²) in [5, 5.41) is 0. The zero-order chi connectivity index (χ0) is 11.7. The first-order valence-electron chi connectivity index (χ1n) is 6.30. The van der Waals surface area contributed by atoms with Gasteiger partial charge in [-0.05, 0) is 31.4 Å². The van der Waals surface area contributed by atoms with Gasteiger partial charge in [0.25, 0.3) is 0 Å². The van der Waals surface area contributed by atoms with Crippen LogP contribution < -0.4 is 0 Å². The highest BCUT2D eigenvalue weighted by atomic mass is 15.2. The van der Waals surface area contributed by atoms with Crippen LogP contribution in [0.25, 0.3) is 0 Å². The van der Waals surface area contributed by atoms with E-state index in [0.29, 0.717) is 12.0 Å². The van der Waals surface area contributed by atoms with Gasteiger partial charge in [-0.25, -0.2) is 0 Å². The van der Waals surface area contributed by atoms with Gasteiger partial charge in [-0.1, -0.05) is 19.9 Å². The first kappa shape index (κ1) is 11.6. The SMILES string of the molecule is CC(C)c1ccc2c(n1)CCN(C(C)C)C2. The maximum Gasteiger partial charge on any atom is 0.0464 e. The van der Waals surface area contributed by atoms with Crippen LogP contribution >= 0.6 is 0 Å². The fourth-order valence-electron chi connectivity index (χ4n) is 2.22. The molecule has 0 saturated carbocycles. The number of aromatic nitrogens is 1. The molecule has 0 aliphatic carbocycles. The van der Waals surface area contributed by atoms with E-state index in [-0.39, 0.29) is 0 Å². The van der Waals surface area contributed by atoms with Crippen LogP contribution in [0.1, 0.15) is 50.6 Å². The van der Waals surface area contributed by atoms with Crippen molar-refractivity contribution in [2.24, 2.45) is 0 Å². The summed E-state index contributed by atoms with van der Waals surface area (Å²) in [5.74, 6) is 0.536. The Morgan fingerprint density at radius 3 is 2.56 bits per heavy atom. The van der Waals surface area contributed by atoms with Gasteiger partial charge in [0, 0.05) is 36.9 Å². The van der Waals surface area contributed by atoms with E-state index in [9.17, 15) is 0 Å². The largest absolute Gasteiger partial charge is 0.296 e. The molecule has 0 aromatic carbocycles. The third kappa shape index (κ3) is 2.27. The lowest BCUT2D eigenvalue weighted by Gasteiger charge is -2.31. The van der Waals surface area contributed by atoms with Crippen LogP contribution in [0.4, 0.5) is 0 Å². The summed E-state index contributed by atoms with van der Waals surface area (Å²) in [6.07, 6.45) is 1.11. The first-order chi connectivity index (χ1) is 7.58. The first-order valence-corrected chi connectivity index (χ1v) is 6.30. The molecule has 88 valence electrons. The molecule has 0 atom stereocenters. The predicted molar refractivity (Wildman–Crippen MR) is 67.6 cm³/mol. The molecule has 1 aliphatic rings. The molecule has 0 fully saturated rings. The van der Waals surface area contributed by atoms with E-state index >= 15 is 0 Å². The summed E-state index contributed by atoms with van der Waals surface area (Å²) < 4.78 is 0. The normalized spacial score (nSPS) is 16.9. The van der Waals surface area contributed by atoms with E-state index in [2.05, 4.69) is 44.7 Å². The highest BCUT2D eigenvalue weighted by Crippen LogP contribution is 2.21. The fraction of sp³-hybridized carbons (Fsp3) is 0.643. The molecule has 0 radical (unpaired) electrons. The average molecular weight is 218 g/mol. The number of pyridine rings is 1. The van der Waals surface area contributed by atoms with Crippen molar-refractivity contribution in [3.8, 4) is 0 Å². The Balaban J connectivity index is 2.22. The van der Waals surface area contributed by atoms with Crippen LogP contribution in [0.3, 0.4) is 0 Å². The number of nitrogens with zero attached hydrogens (tertiary/aromatic N) is 2. The number of fused-ring (bicyclic) bond motifs is 1. The van der Waals surface area contributed by atoms with Crippen LogP contribution in [0, 0.1) is 0 Å². The molecule has 1 aliphatic heterocycles. The molecule has 0 saturated heterocycles. The van der Waals surface area contributed by atoms with Crippen molar-refractivity contribution in [1.82, 2.24) is 9.88 Å². The molecule has 2 heteroatoms. The minimum atomic E-state index is 0.536. The highest BCUT2D eigenvalue weighted by molar-refractivity contribution is 5.26. The van der Waals surface area contributed by atoms with Crippen LogP contribution in [-0.4, -0.2) is 22.5 Å². The molecule has 16 heavy (non-hydrogen) atoms. The molecule has 1 aromatic rings. The monoisotopic (exact) mass is 218 g/mol. The molecular formula is C14H22N2. The topological polar surface area (TPSA) is 16.1 Å². The third-order valence-corrected chi connectivity index (χ3v) is 3.42. The molecule has 0 amide bonds. The Kier molecular flexibility index (Phi) is 3.29. The van der Waals surface area contributed by atoms with E-state index in [0.717, 1.165) is 19.5 Å². The summed E-state index contributed by atoms with van der Waals surface area (Å²) in [5.41, 5.74) is 3.98. The minimum absolute atomic E-state index is 0.536. The standard InChI is InChI=1S/C14H22N2/c1-10(2)13-6-5-12-9-16(11(3)4)8-7-14(12)15-13/h5-6,10-11H,7-9H2,1-4H3. The maximum atomic E-state index is 4.78. The Morgan fingerprint density at radius 2 is 1.94 bits per heavy atom. The van der Waals surface area contributed by atoms with Gasteiger partial charge in [-0.2, -0.15) is 0 Å². The van der Waals surface area contributed by atoms with Gasteiger partial charge in [-0.15, -0.1) is 0 Å². The summed E-state index contributed by atoms with van der Waals surface area (Å²) in [6, 6.07) is 5.09. The Morgan fingerprint density at radius 1 is 1.19 bits per heavy atom. The lowest BCUT2D eigenvalue weighted by molar-refractivity contribution is 0.201. The van der Waals surface area contributed by atoms with Crippen molar-refractivity contribution in [2.75, 3.05) is 6.54 Å². The summed E-state index contributed by atoms with van der Waals surface area (Å²) in [4.78, 5) is 7.29. The average Bonchev–Trinajstić information content (AvgIpc) is 2.27. The van der Waals surface area contributed by atoms with Gasteiger partial charge in [-0.3, -0.25) is 9.88 Å². The lowest BCUT2D eigenvalue weighted by Crippen LogP contribution is -2.36. The molecule has 1 aromatic heterocycles. The Labute approximate surface area is 98.7 Å². The van der Waals surface area contributed by atoms with Gasteiger partial charge in [0.15, 0.2) is 0 Å². The van der Waals surface area contributed by atoms with Crippen LogP contribution in [0.15, 0.2) is 12.1 Å². The van der Waals surface area contributed by atoms with Gasteiger partial charge in [0.1, 0.15) is 0 Å². The second-order valence-electron chi connectivity index (χ2n) is 5.31. The van der Waals surface area contributed by atoms with Crippen molar-refractivity contribution < 1.29 is 0 Å². The van der Waals surface area contributed by atoms with Gasteiger partial charge >= 0.3 is 0 Å². The zero-order valence-corrected chi connectivity index (χ0v) is 10.8. The fourth-order valence-corrected chi connectivity index (χ4v) is 2.22. The van der Waals surface area contributed by atoms with Crippen molar-refractivity contribution in [1.29, 1.82) is 0 Å². The van der Waals surface area contributed by atoms with Crippen LogP contribution in [0.5, 0.6) is 0 Å². The molecule has 2 rings (SSSR count). The molecule has 0 unspecified atom stereocenters. The molecule has 2 heterocycles. The van der Waals surface area contributed by atoms with Crippen molar-refractivity contribution >= 4 is 0 Å². The smallest absolute Gasteiger partial charge is 0.0464 e. The Hall–Kier alpha value is -0.890. The molecule has 0 bridgehead atoms. The van der Waals surface area contributed by atoms with E-state index < -0.39 is 0 Å². The van der Waals surface area contributed by atoms with E-state index in [4.69, 9.17) is 4.98 Å². The molecular weight excluding hydrogens is 196 g/mol. The van der Waals surface area contributed by atoms with Crippen molar-refractivity contribution in [3.05, 3.63) is 29.1 Å². The Bertz CT molecular complexity index is 369. The van der Waals surface area contributed by atoms with Gasteiger partial charge in [0.05, 0.1) is 0 Å². The van der Waals surface area contributed by atoms with Gasteiger partial charge < -0.3 is 0 Å². The quantitative estimate of drug-likeness (QED) is 0.758. The van der Waals surface area contributed by atoms with Gasteiger partial charge in [0.2, 0.25) is 0 Å². The van der Waals surface area contributed by atoms with Crippen molar-refractivity contribution in [2.45, 2.75) is 52.6 Å². The second-order valence-corrected chi connectivity index (χ2v) is 5.31. The minimum Gasteiger partial charge on any atom is -0.296 e. The van der Waals surface area contributed by atoms with Crippen molar-refractivity contribution in [3.63, 3.8) is 0 Å². The summed E-state index contributed by atoms with van der Waals surface area (Å²) in [6.45, 7) is 11.2.